The molecule has 0 radical (unpaired) electrons. The molecule has 2 N–H and O–H groups in total. The molecule has 0 aliphatic rings. The zero-order valence-electron chi connectivity index (χ0n) is 8.49. The molecule has 82 valence electrons. The SMILES string of the molecule is CNc1nc2cc(Cl)ccc2cc1C(=O)O. The molecule has 1 heterocycles. The van der Waals surface area contributed by atoms with Crippen LogP contribution in [0.2, 0.25) is 5.02 Å². The Kier molecular flexibility index (Phi) is 2.66. The van der Waals surface area contributed by atoms with E-state index in [-0.39, 0.29) is 5.56 Å². The first-order chi connectivity index (χ1) is 7.61. The molecule has 0 amide bonds. The fraction of sp³-hybridized carbons (Fsp3) is 0.0909. The summed E-state index contributed by atoms with van der Waals surface area (Å²) in [5.74, 6) is -0.670. The molecule has 0 aliphatic carbocycles. The molecular formula is C11H9ClN2O2. The Balaban J connectivity index is 2.75. The lowest BCUT2D eigenvalue weighted by atomic mass is 10.1. The van der Waals surface area contributed by atoms with Crippen LogP contribution in [-0.2, 0) is 0 Å². The van der Waals surface area contributed by atoms with Gasteiger partial charge in [0, 0.05) is 17.5 Å². The molecule has 0 atom stereocenters. The van der Waals surface area contributed by atoms with E-state index >= 15 is 0 Å². The van der Waals surface area contributed by atoms with Gasteiger partial charge in [-0.25, -0.2) is 9.78 Å². The fourth-order valence-corrected chi connectivity index (χ4v) is 1.66. The first kappa shape index (κ1) is 10.7. The number of anilines is 1. The number of carboxylic acid groups (broad SMARTS) is 1. The number of carbonyl (C=O) groups is 1. The number of carboxylic acids is 1. The smallest absolute Gasteiger partial charge is 0.339 e. The van der Waals surface area contributed by atoms with E-state index in [0.29, 0.717) is 16.4 Å². The number of aromatic nitrogens is 1. The van der Waals surface area contributed by atoms with Crippen LogP contribution in [0.1, 0.15) is 10.4 Å². The maximum absolute atomic E-state index is 11.0. The van der Waals surface area contributed by atoms with Gasteiger partial charge >= 0.3 is 5.97 Å². The number of nitrogens with zero attached hydrogens (tertiary/aromatic N) is 1. The van der Waals surface area contributed by atoms with Crippen molar-refractivity contribution < 1.29 is 9.90 Å². The molecule has 0 bridgehead atoms. The number of aromatic carboxylic acids is 1. The molecule has 4 nitrogen and oxygen atoms in total. The van der Waals surface area contributed by atoms with Gasteiger partial charge in [-0.3, -0.25) is 0 Å². The van der Waals surface area contributed by atoms with Crippen molar-refractivity contribution in [2.45, 2.75) is 0 Å². The number of benzene rings is 1. The summed E-state index contributed by atoms with van der Waals surface area (Å²) in [6, 6.07) is 6.73. The number of hydrogen-bond acceptors (Lipinski definition) is 3. The van der Waals surface area contributed by atoms with Crippen LogP contribution in [0.15, 0.2) is 24.3 Å². The third kappa shape index (κ3) is 1.79. The maximum atomic E-state index is 11.0. The van der Waals surface area contributed by atoms with Crippen molar-refractivity contribution >= 4 is 34.3 Å². The highest BCUT2D eigenvalue weighted by Gasteiger charge is 2.12. The summed E-state index contributed by atoms with van der Waals surface area (Å²) in [7, 11) is 1.63. The highest BCUT2D eigenvalue weighted by Crippen LogP contribution is 2.23. The normalized spacial score (nSPS) is 10.4. The zero-order chi connectivity index (χ0) is 11.7. The van der Waals surface area contributed by atoms with Crippen LogP contribution in [-0.4, -0.2) is 23.1 Å². The molecule has 0 fully saturated rings. The zero-order valence-corrected chi connectivity index (χ0v) is 9.25. The van der Waals surface area contributed by atoms with Crippen molar-refractivity contribution in [2.75, 3.05) is 12.4 Å². The third-order valence-electron chi connectivity index (χ3n) is 2.25. The number of pyridine rings is 1. The van der Waals surface area contributed by atoms with Gasteiger partial charge in [0.05, 0.1) is 5.52 Å². The Bertz CT molecular complexity index is 569. The Labute approximate surface area is 96.9 Å². The van der Waals surface area contributed by atoms with Crippen LogP contribution in [0.3, 0.4) is 0 Å². The second-order valence-electron chi connectivity index (χ2n) is 3.28. The maximum Gasteiger partial charge on any atom is 0.339 e. The molecule has 0 saturated carbocycles. The van der Waals surface area contributed by atoms with Crippen LogP contribution in [0, 0.1) is 0 Å². The fourth-order valence-electron chi connectivity index (χ4n) is 1.49. The largest absolute Gasteiger partial charge is 0.478 e. The van der Waals surface area contributed by atoms with Gasteiger partial charge in [-0.15, -0.1) is 0 Å². The summed E-state index contributed by atoms with van der Waals surface area (Å²) in [5, 5.41) is 13.1. The summed E-state index contributed by atoms with van der Waals surface area (Å²) in [5.41, 5.74) is 0.819. The molecule has 16 heavy (non-hydrogen) atoms. The molecule has 0 unspecified atom stereocenters. The van der Waals surface area contributed by atoms with Gasteiger partial charge in [0.2, 0.25) is 0 Å². The van der Waals surface area contributed by atoms with Gasteiger partial charge in [-0.2, -0.15) is 0 Å². The van der Waals surface area contributed by atoms with E-state index in [1.54, 1.807) is 31.3 Å². The molecule has 2 aromatic rings. The summed E-state index contributed by atoms with van der Waals surface area (Å²) in [4.78, 5) is 15.2. The van der Waals surface area contributed by atoms with Crippen LogP contribution in [0.25, 0.3) is 10.9 Å². The van der Waals surface area contributed by atoms with Gasteiger partial charge in [-0.05, 0) is 18.2 Å². The van der Waals surface area contributed by atoms with Gasteiger partial charge in [0.1, 0.15) is 11.4 Å². The summed E-state index contributed by atoms with van der Waals surface area (Å²) < 4.78 is 0. The summed E-state index contributed by atoms with van der Waals surface area (Å²) >= 11 is 5.84. The van der Waals surface area contributed by atoms with Crippen LogP contribution < -0.4 is 5.32 Å². The van der Waals surface area contributed by atoms with Crippen LogP contribution >= 0.6 is 11.6 Å². The van der Waals surface area contributed by atoms with Crippen molar-refractivity contribution in [3.63, 3.8) is 0 Å². The monoisotopic (exact) mass is 236 g/mol. The quantitative estimate of drug-likeness (QED) is 0.842. The van der Waals surface area contributed by atoms with E-state index in [2.05, 4.69) is 10.3 Å². The minimum atomic E-state index is -1.01. The van der Waals surface area contributed by atoms with E-state index in [0.717, 1.165) is 5.39 Å². The van der Waals surface area contributed by atoms with E-state index in [1.165, 1.54) is 0 Å². The Morgan fingerprint density at radius 2 is 2.19 bits per heavy atom. The number of fused-ring (bicyclic) bond motifs is 1. The van der Waals surface area contributed by atoms with Crippen LogP contribution in [0.4, 0.5) is 5.82 Å². The first-order valence-electron chi connectivity index (χ1n) is 4.63. The van der Waals surface area contributed by atoms with E-state index in [4.69, 9.17) is 16.7 Å². The Hall–Kier alpha value is -1.81. The standard InChI is InChI=1S/C11H9ClN2O2/c1-13-10-8(11(15)16)4-6-2-3-7(12)5-9(6)14-10/h2-5H,1H3,(H,13,14)(H,15,16). The third-order valence-corrected chi connectivity index (χ3v) is 2.48. The van der Waals surface area contributed by atoms with Crippen molar-refractivity contribution in [3.05, 3.63) is 34.9 Å². The summed E-state index contributed by atoms with van der Waals surface area (Å²) in [6.45, 7) is 0. The van der Waals surface area contributed by atoms with Crippen LogP contribution in [0.5, 0.6) is 0 Å². The van der Waals surface area contributed by atoms with Gasteiger partial charge in [0.25, 0.3) is 0 Å². The minimum Gasteiger partial charge on any atom is -0.478 e. The van der Waals surface area contributed by atoms with Crippen molar-refractivity contribution in [3.8, 4) is 0 Å². The predicted octanol–water partition coefficient (Wildman–Crippen LogP) is 2.63. The van der Waals surface area contributed by atoms with Gasteiger partial charge < -0.3 is 10.4 Å². The second kappa shape index (κ2) is 3.98. The topological polar surface area (TPSA) is 62.2 Å². The molecule has 0 spiro atoms. The average molecular weight is 237 g/mol. The van der Waals surface area contributed by atoms with E-state index < -0.39 is 5.97 Å². The molecular weight excluding hydrogens is 228 g/mol. The number of hydrogen-bond donors (Lipinski definition) is 2. The highest BCUT2D eigenvalue weighted by molar-refractivity contribution is 6.31. The lowest BCUT2D eigenvalue weighted by Gasteiger charge is -2.06. The van der Waals surface area contributed by atoms with Crippen molar-refractivity contribution in [1.82, 2.24) is 4.98 Å². The first-order valence-corrected chi connectivity index (χ1v) is 5.01. The average Bonchev–Trinajstić information content (AvgIpc) is 2.26. The van der Waals surface area contributed by atoms with E-state index in [9.17, 15) is 4.79 Å². The lowest BCUT2D eigenvalue weighted by molar-refractivity contribution is 0.0698. The van der Waals surface area contributed by atoms with Crippen molar-refractivity contribution in [1.29, 1.82) is 0 Å². The second-order valence-corrected chi connectivity index (χ2v) is 3.71. The Morgan fingerprint density at radius 1 is 1.44 bits per heavy atom. The van der Waals surface area contributed by atoms with Gasteiger partial charge in [0.15, 0.2) is 0 Å². The Morgan fingerprint density at radius 3 is 2.81 bits per heavy atom. The highest BCUT2D eigenvalue weighted by atomic mass is 35.5. The molecule has 2 rings (SSSR count). The number of rotatable bonds is 2. The van der Waals surface area contributed by atoms with E-state index in [1.807, 2.05) is 0 Å². The van der Waals surface area contributed by atoms with Crippen molar-refractivity contribution in [2.24, 2.45) is 0 Å². The van der Waals surface area contributed by atoms with Gasteiger partial charge in [-0.1, -0.05) is 17.7 Å². The predicted molar refractivity (Wildman–Crippen MR) is 63.3 cm³/mol. The summed E-state index contributed by atoms with van der Waals surface area (Å²) in [6.07, 6.45) is 0. The lowest BCUT2D eigenvalue weighted by Crippen LogP contribution is -2.05. The number of nitrogens with one attached hydrogen (secondary N) is 1. The molecule has 5 heteroatoms. The minimum absolute atomic E-state index is 0.150. The molecule has 0 saturated heterocycles. The number of halogens is 1. The molecule has 0 aliphatic heterocycles. The molecule has 1 aromatic heterocycles. The molecule has 1 aromatic carbocycles.